The van der Waals surface area contributed by atoms with Gasteiger partial charge in [-0.1, -0.05) is 17.3 Å². The first-order valence-electron chi connectivity index (χ1n) is 6.69. The number of hydrogen-bond acceptors (Lipinski definition) is 5. The third kappa shape index (κ3) is 2.11. The summed E-state index contributed by atoms with van der Waals surface area (Å²) in [6.45, 7) is 1.72. The molecule has 0 aliphatic heterocycles. The minimum Gasteiger partial charge on any atom is -0.550 e. The average Bonchev–Trinajstić information content (AvgIpc) is 2.84. The van der Waals surface area contributed by atoms with Crippen LogP contribution >= 0.6 is 0 Å². The molecule has 1 amide bonds. The fourth-order valence-corrected chi connectivity index (χ4v) is 3.31. The van der Waals surface area contributed by atoms with Crippen molar-refractivity contribution < 1.29 is 19.2 Å². The van der Waals surface area contributed by atoms with Gasteiger partial charge in [0.15, 0.2) is 5.82 Å². The van der Waals surface area contributed by atoms with Gasteiger partial charge in [0.05, 0.1) is 5.92 Å². The van der Waals surface area contributed by atoms with Crippen molar-refractivity contribution in [2.24, 2.45) is 23.7 Å². The molecule has 6 heteroatoms. The number of hydrogen-bond donors (Lipinski definition) is 1. The van der Waals surface area contributed by atoms with Crippen LogP contribution in [0.1, 0.15) is 18.6 Å². The molecule has 1 fully saturated rings. The fraction of sp³-hybridized carbons (Fsp3) is 0.500. The zero-order chi connectivity index (χ0) is 14.3. The molecule has 1 aromatic heterocycles. The van der Waals surface area contributed by atoms with Gasteiger partial charge in [-0.15, -0.1) is 0 Å². The number of allylic oxidation sites excluding steroid dienone is 2. The molecule has 6 nitrogen and oxygen atoms in total. The number of nitrogens with one attached hydrogen (secondary N) is 1. The first-order chi connectivity index (χ1) is 9.56. The summed E-state index contributed by atoms with van der Waals surface area (Å²) < 4.78 is 4.88. The van der Waals surface area contributed by atoms with E-state index in [2.05, 4.69) is 10.5 Å². The minimum atomic E-state index is -1.15. The molecule has 3 aliphatic carbocycles. The van der Waals surface area contributed by atoms with Crippen LogP contribution in [0.5, 0.6) is 0 Å². The lowest BCUT2D eigenvalue weighted by atomic mass is 9.62. The second-order valence-corrected chi connectivity index (χ2v) is 5.47. The summed E-state index contributed by atoms with van der Waals surface area (Å²) in [6.07, 6.45) is 5.48. The molecule has 0 unspecified atom stereocenters. The molecular weight excluding hydrogens is 260 g/mol. The van der Waals surface area contributed by atoms with Crippen LogP contribution in [0.15, 0.2) is 22.7 Å². The van der Waals surface area contributed by atoms with E-state index in [1.54, 1.807) is 13.0 Å². The predicted molar refractivity (Wildman–Crippen MR) is 67.2 cm³/mol. The fourth-order valence-electron chi connectivity index (χ4n) is 3.31. The number of fused-ring (bicyclic) bond motifs is 2. The van der Waals surface area contributed by atoms with Crippen molar-refractivity contribution in [3.63, 3.8) is 0 Å². The van der Waals surface area contributed by atoms with Gasteiger partial charge in [-0.3, -0.25) is 4.79 Å². The standard InChI is InChI=1S/C14H16N2O4/c1-7-6-10(16-20-7)15-13(17)11-8-2-4-9(5-3-8)12(11)14(18)19/h2,4,6,8-9,11-12H,3,5H2,1H3,(H,18,19)(H,15,16,17)/p-1/t8-,9+,11+,12+/m1/s1. The number of aryl methyl sites for hydroxylation is 1. The van der Waals surface area contributed by atoms with Crippen LogP contribution < -0.4 is 10.4 Å². The summed E-state index contributed by atoms with van der Waals surface area (Å²) in [7, 11) is 0. The van der Waals surface area contributed by atoms with Crippen molar-refractivity contribution in [2.45, 2.75) is 19.8 Å². The molecule has 0 aromatic carbocycles. The van der Waals surface area contributed by atoms with Gasteiger partial charge in [-0.2, -0.15) is 0 Å². The number of aliphatic carboxylic acids is 1. The Balaban J connectivity index is 1.82. The Hall–Kier alpha value is -2.11. The molecule has 3 aliphatic rings. The summed E-state index contributed by atoms with van der Waals surface area (Å²) in [5.74, 6) is -2.09. The van der Waals surface area contributed by atoms with Gasteiger partial charge in [-0.25, -0.2) is 0 Å². The van der Waals surface area contributed by atoms with Crippen molar-refractivity contribution in [1.29, 1.82) is 0 Å². The Bertz CT molecular complexity index is 577. The van der Waals surface area contributed by atoms with Gasteiger partial charge in [-0.05, 0) is 31.6 Å². The Kier molecular flexibility index (Phi) is 3.08. The van der Waals surface area contributed by atoms with Crippen molar-refractivity contribution in [1.82, 2.24) is 5.16 Å². The van der Waals surface area contributed by atoms with E-state index in [1.165, 1.54) is 0 Å². The highest BCUT2D eigenvalue weighted by molar-refractivity contribution is 5.95. The Morgan fingerprint density at radius 1 is 1.30 bits per heavy atom. The lowest BCUT2D eigenvalue weighted by Crippen LogP contribution is -2.51. The van der Waals surface area contributed by atoms with Crippen LogP contribution in [0.3, 0.4) is 0 Å². The zero-order valence-electron chi connectivity index (χ0n) is 11.0. The maximum absolute atomic E-state index is 12.4. The number of carbonyl (C=O) groups is 2. The molecule has 1 saturated carbocycles. The summed E-state index contributed by atoms with van der Waals surface area (Å²) in [5.41, 5.74) is 0. The van der Waals surface area contributed by atoms with Gasteiger partial charge in [0.1, 0.15) is 5.76 Å². The summed E-state index contributed by atoms with van der Waals surface area (Å²) in [4.78, 5) is 23.7. The second-order valence-electron chi connectivity index (χ2n) is 5.47. The summed E-state index contributed by atoms with van der Waals surface area (Å²) in [5, 5.41) is 17.7. The summed E-state index contributed by atoms with van der Waals surface area (Å²) >= 11 is 0. The Morgan fingerprint density at radius 3 is 2.45 bits per heavy atom. The SMILES string of the molecule is Cc1cc(NC(=O)[C@@H]2[C@@H](C(=O)[O-])[C@H]3C=C[C@@H]2CC3)no1. The number of carboxylic acids is 1. The topological polar surface area (TPSA) is 95.3 Å². The first kappa shape index (κ1) is 12.9. The van der Waals surface area contributed by atoms with Crippen LogP contribution in [-0.2, 0) is 9.59 Å². The number of amides is 1. The maximum Gasteiger partial charge on any atom is 0.230 e. The van der Waals surface area contributed by atoms with E-state index in [-0.39, 0.29) is 17.7 Å². The quantitative estimate of drug-likeness (QED) is 0.810. The average molecular weight is 275 g/mol. The molecule has 0 saturated heterocycles. The Labute approximate surface area is 115 Å². The van der Waals surface area contributed by atoms with Crippen LogP contribution in [-0.4, -0.2) is 17.0 Å². The Morgan fingerprint density at radius 2 is 1.95 bits per heavy atom. The molecule has 0 spiro atoms. The minimum absolute atomic E-state index is 0.0455. The van der Waals surface area contributed by atoms with Crippen LogP contribution in [0.2, 0.25) is 0 Å². The van der Waals surface area contributed by atoms with Crippen molar-refractivity contribution in [3.8, 4) is 0 Å². The van der Waals surface area contributed by atoms with E-state index >= 15 is 0 Å². The van der Waals surface area contributed by atoms with E-state index < -0.39 is 17.8 Å². The predicted octanol–water partition coefficient (Wildman–Crippen LogP) is 0.500. The zero-order valence-corrected chi connectivity index (χ0v) is 11.0. The highest BCUT2D eigenvalue weighted by Gasteiger charge is 2.45. The molecule has 4 atom stereocenters. The van der Waals surface area contributed by atoms with Gasteiger partial charge in [0.25, 0.3) is 0 Å². The lowest BCUT2D eigenvalue weighted by Gasteiger charge is -2.44. The van der Waals surface area contributed by atoms with Gasteiger partial charge >= 0.3 is 0 Å². The van der Waals surface area contributed by atoms with E-state index in [9.17, 15) is 14.7 Å². The number of nitrogens with zero attached hydrogens (tertiary/aromatic N) is 1. The molecule has 2 bridgehead atoms. The van der Waals surface area contributed by atoms with Crippen LogP contribution in [0, 0.1) is 30.6 Å². The van der Waals surface area contributed by atoms with E-state index in [4.69, 9.17) is 4.52 Å². The van der Waals surface area contributed by atoms with Crippen molar-refractivity contribution in [3.05, 3.63) is 24.0 Å². The highest BCUT2D eigenvalue weighted by Crippen LogP contribution is 2.45. The van der Waals surface area contributed by atoms with Crippen molar-refractivity contribution in [2.75, 3.05) is 5.32 Å². The van der Waals surface area contributed by atoms with Crippen LogP contribution in [0.25, 0.3) is 0 Å². The van der Waals surface area contributed by atoms with Crippen molar-refractivity contribution >= 4 is 17.7 Å². The smallest absolute Gasteiger partial charge is 0.230 e. The number of aromatic nitrogens is 1. The normalized spacial score (nSPS) is 31.2. The molecular formula is C14H15N2O4-. The van der Waals surface area contributed by atoms with Gasteiger partial charge in [0.2, 0.25) is 5.91 Å². The lowest BCUT2D eigenvalue weighted by molar-refractivity contribution is -0.316. The van der Waals surface area contributed by atoms with Crippen LogP contribution in [0.4, 0.5) is 5.82 Å². The molecule has 20 heavy (non-hydrogen) atoms. The molecule has 0 radical (unpaired) electrons. The number of anilines is 1. The highest BCUT2D eigenvalue weighted by atomic mass is 16.5. The molecule has 4 rings (SSSR count). The molecule has 106 valence electrons. The largest absolute Gasteiger partial charge is 0.550 e. The van der Waals surface area contributed by atoms with E-state index in [0.717, 1.165) is 12.8 Å². The first-order valence-corrected chi connectivity index (χ1v) is 6.69. The van der Waals surface area contributed by atoms with Gasteiger partial charge in [0, 0.05) is 18.0 Å². The number of carboxylic acid groups (broad SMARTS) is 1. The summed E-state index contributed by atoms with van der Waals surface area (Å²) in [6, 6.07) is 1.60. The maximum atomic E-state index is 12.4. The van der Waals surface area contributed by atoms with E-state index in [0.29, 0.717) is 11.6 Å². The molecule has 1 heterocycles. The van der Waals surface area contributed by atoms with Gasteiger partial charge < -0.3 is 19.7 Å². The third-order valence-electron chi connectivity index (χ3n) is 4.20. The monoisotopic (exact) mass is 275 g/mol. The number of carbonyl (C=O) groups excluding carboxylic acids is 2. The molecule has 1 N–H and O–H groups in total. The van der Waals surface area contributed by atoms with E-state index in [1.807, 2.05) is 12.2 Å². The molecule has 1 aromatic rings. The third-order valence-corrected chi connectivity index (χ3v) is 4.20. The second kappa shape index (κ2) is 4.77. The number of rotatable bonds is 3.